The van der Waals surface area contributed by atoms with Gasteiger partial charge in [-0.3, -0.25) is 0 Å². The summed E-state index contributed by atoms with van der Waals surface area (Å²) in [6.45, 7) is 1.86. The largest absolute Gasteiger partial charge is 0.496 e. The molecule has 1 atom stereocenters. The number of carbonyl (C=O) groups excluding carboxylic acids is 1. The molecule has 0 spiro atoms. The van der Waals surface area contributed by atoms with Crippen LogP contribution >= 0.6 is 0 Å². The Balaban J connectivity index is 1.91. The molecule has 0 fully saturated rings. The van der Waals surface area contributed by atoms with Crippen molar-refractivity contribution in [1.82, 2.24) is 0 Å². The van der Waals surface area contributed by atoms with E-state index >= 15 is 0 Å². The summed E-state index contributed by atoms with van der Waals surface area (Å²) in [4.78, 5) is 12.5. The molecule has 0 aliphatic heterocycles. The standard InChI is InChI=1S/C20H18O3/c1-14(15-8-4-3-5-9-15)23-20(21)18-12-16-10-6-7-11-17(16)13-19(18)22-2/h3-14H,1-2H3. The maximum absolute atomic E-state index is 12.5. The normalized spacial score (nSPS) is 11.9. The SMILES string of the molecule is COc1cc2ccccc2cc1C(=O)OC(C)c1ccccc1. The number of benzene rings is 3. The van der Waals surface area contributed by atoms with Crippen molar-refractivity contribution in [2.24, 2.45) is 0 Å². The zero-order valence-electron chi connectivity index (χ0n) is 13.2. The Hall–Kier alpha value is -2.81. The number of hydrogen-bond donors (Lipinski definition) is 0. The highest BCUT2D eigenvalue weighted by Gasteiger charge is 2.18. The molecule has 0 heterocycles. The smallest absolute Gasteiger partial charge is 0.342 e. The summed E-state index contributed by atoms with van der Waals surface area (Å²) in [5, 5.41) is 2.00. The molecule has 23 heavy (non-hydrogen) atoms. The lowest BCUT2D eigenvalue weighted by Crippen LogP contribution is -2.10. The zero-order valence-corrected chi connectivity index (χ0v) is 13.2. The van der Waals surface area contributed by atoms with Gasteiger partial charge in [-0.15, -0.1) is 0 Å². The van der Waals surface area contributed by atoms with Crippen molar-refractivity contribution in [3.05, 3.63) is 77.9 Å². The highest BCUT2D eigenvalue weighted by Crippen LogP contribution is 2.28. The molecule has 0 aliphatic carbocycles. The Morgan fingerprint density at radius 3 is 2.17 bits per heavy atom. The van der Waals surface area contributed by atoms with E-state index in [0.717, 1.165) is 16.3 Å². The Bertz CT molecular complexity index is 825. The Labute approximate surface area is 135 Å². The molecule has 3 heteroatoms. The molecule has 116 valence electrons. The van der Waals surface area contributed by atoms with Crippen LogP contribution in [0.5, 0.6) is 5.75 Å². The predicted octanol–water partition coefficient (Wildman–Crippen LogP) is 4.77. The van der Waals surface area contributed by atoms with Gasteiger partial charge in [0.1, 0.15) is 17.4 Å². The first kappa shape index (κ1) is 15.1. The molecule has 0 aromatic heterocycles. The second-order valence-electron chi connectivity index (χ2n) is 5.36. The summed E-state index contributed by atoms with van der Waals surface area (Å²) < 4.78 is 11.0. The molecule has 0 N–H and O–H groups in total. The van der Waals surface area contributed by atoms with Gasteiger partial charge in [0.25, 0.3) is 0 Å². The first-order chi connectivity index (χ1) is 11.2. The van der Waals surface area contributed by atoms with E-state index in [1.54, 1.807) is 7.11 Å². The van der Waals surface area contributed by atoms with Crippen LogP contribution in [0.1, 0.15) is 28.9 Å². The summed E-state index contributed by atoms with van der Waals surface area (Å²) in [5.41, 5.74) is 1.40. The van der Waals surface area contributed by atoms with Gasteiger partial charge >= 0.3 is 5.97 Å². The van der Waals surface area contributed by atoms with E-state index < -0.39 is 0 Å². The zero-order chi connectivity index (χ0) is 16.2. The summed E-state index contributed by atoms with van der Waals surface area (Å²) in [6.07, 6.45) is -0.320. The number of carbonyl (C=O) groups is 1. The minimum absolute atomic E-state index is 0.320. The lowest BCUT2D eigenvalue weighted by molar-refractivity contribution is 0.0334. The molecule has 0 bridgehead atoms. The van der Waals surface area contributed by atoms with Crippen LogP contribution in [0, 0.1) is 0 Å². The number of hydrogen-bond acceptors (Lipinski definition) is 3. The highest BCUT2D eigenvalue weighted by molar-refractivity contribution is 5.98. The van der Waals surface area contributed by atoms with Gasteiger partial charge < -0.3 is 9.47 Å². The van der Waals surface area contributed by atoms with E-state index in [0.29, 0.717) is 11.3 Å². The second-order valence-corrected chi connectivity index (χ2v) is 5.36. The predicted molar refractivity (Wildman–Crippen MR) is 90.8 cm³/mol. The molecule has 1 unspecified atom stereocenters. The van der Waals surface area contributed by atoms with E-state index in [2.05, 4.69) is 0 Å². The van der Waals surface area contributed by atoms with Crippen LogP contribution in [0.2, 0.25) is 0 Å². The van der Waals surface area contributed by atoms with Crippen LogP contribution in [-0.4, -0.2) is 13.1 Å². The Morgan fingerprint density at radius 2 is 1.52 bits per heavy atom. The van der Waals surface area contributed by atoms with Gasteiger partial charge in [-0.05, 0) is 35.4 Å². The number of fused-ring (bicyclic) bond motifs is 1. The van der Waals surface area contributed by atoms with Crippen molar-refractivity contribution in [2.45, 2.75) is 13.0 Å². The highest BCUT2D eigenvalue weighted by atomic mass is 16.5. The van der Waals surface area contributed by atoms with Crippen molar-refractivity contribution in [1.29, 1.82) is 0 Å². The molecule has 0 saturated carbocycles. The molecule has 3 nitrogen and oxygen atoms in total. The minimum atomic E-state index is -0.385. The molecule has 3 aromatic carbocycles. The van der Waals surface area contributed by atoms with Gasteiger partial charge in [-0.1, -0.05) is 54.6 Å². The molecule has 0 radical (unpaired) electrons. The summed E-state index contributed by atoms with van der Waals surface area (Å²) in [5.74, 6) is 0.137. The second kappa shape index (κ2) is 6.53. The van der Waals surface area contributed by atoms with Crippen molar-refractivity contribution < 1.29 is 14.3 Å². The van der Waals surface area contributed by atoms with Gasteiger partial charge in [0.2, 0.25) is 0 Å². The molecular formula is C20H18O3. The Kier molecular flexibility index (Phi) is 4.29. The third kappa shape index (κ3) is 3.19. The van der Waals surface area contributed by atoms with E-state index in [9.17, 15) is 4.79 Å². The van der Waals surface area contributed by atoms with Crippen LogP contribution in [0.25, 0.3) is 10.8 Å². The molecule has 0 saturated heterocycles. The lowest BCUT2D eigenvalue weighted by atomic mass is 10.1. The molecule has 3 rings (SSSR count). The topological polar surface area (TPSA) is 35.5 Å². The van der Waals surface area contributed by atoms with Crippen LogP contribution < -0.4 is 4.74 Å². The number of ether oxygens (including phenoxy) is 2. The molecule has 0 aliphatic rings. The summed E-state index contributed by atoms with van der Waals surface area (Å²) in [6, 6.07) is 21.2. The third-order valence-corrected chi connectivity index (χ3v) is 3.84. The molecule has 0 amide bonds. The third-order valence-electron chi connectivity index (χ3n) is 3.84. The van der Waals surface area contributed by atoms with Crippen LogP contribution in [0.4, 0.5) is 0 Å². The minimum Gasteiger partial charge on any atom is -0.496 e. The van der Waals surface area contributed by atoms with E-state index in [1.165, 1.54) is 0 Å². The number of methoxy groups -OCH3 is 1. The monoisotopic (exact) mass is 306 g/mol. The van der Waals surface area contributed by atoms with Crippen molar-refractivity contribution in [3.8, 4) is 5.75 Å². The van der Waals surface area contributed by atoms with E-state index in [-0.39, 0.29) is 12.1 Å². The maximum atomic E-state index is 12.5. The van der Waals surface area contributed by atoms with Crippen LogP contribution in [0.15, 0.2) is 66.7 Å². The average Bonchev–Trinajstić information content (AvgIpc) is 2.61. The van der Waals surface area contributed by atoms with Gasteiger partial charge in [0.05, 0.1) is 7.11 Å². The van der Waals surface area contributed by atoms with Gasteiger partial charge in [0.15, 0.2) is 0 Å². The molecule has 3 aromatic rings. The fourth-order valence-electron chi connectivity index (χ4n) is 2.56. The fraction of sp³-hybridized carbons (Fsp3) is 0.150. The summed E-state index contributed by atoms with van der Waals surface area (Å²) >= 11 is 0. The van der Waals surface area contributed by atoms with Crippen molar-refractivity contribution in [3.63, 3.8) is 0 Å². The number of esters is 1. The maximum Gasteiger partial charge on any atom is 0.342 e. The van der Waals surface area contributed by atoms with Crippen molar-refractivity contribution in [2.75, 3.05) is 7.11 Å². The molecular weight excluding hydrogens is 288 g/mol. The van der Waals surface area contributed by atoms with Crippen molar-refractivity contribution >= 4 is 16.7 Å². The van der Waals surface area contributed by atoms with Crippen LogP contribution in [0.3, 0.4) is 0 Å². The Morgan fingerprint density at radius 1 is 0.913 bits per heavy atom. The lowest BCUT2D eigenvalue weighted by Gasteiger charge is -2.15. The van der Waals surface area contributed by atoms with Crippen LogP contribution in [-0.2, 0) is 4.74 Å². The fourth-order valence-corrected chi connectivity index (χ4v) is 2.56. The van der Waals surface area contributed by atoms with Gasteiger partial charge in [-0.2, -0.15) is 0 Å². The first-order valence-electron chi connectivity index (χ1n) is 7.52. The van der Waals surface area contributed by atoms with E-state index in [1.807, 2.05) is 73.7 Å². The van der Waals surface area contributed by atoms with E-state index in [4.69, 9.17) is 9.47 Å². The summed E-state index contributed by atoms with van der Waals surface area (Å²) in [7, 11) is 1.56. The number of rotatable bonds is 4. The first-order valence-corrected chi connectivity index (χ1v) is 7.52. The van der Waals surface area contributed by atoms with Gasteiger partial charge in [-0.25, -0.2) is 4.79 Å². The average molecular weight is 306 g/mol. The quantitative estimate of drug-likeness (QED) is 0.652. The van der Waals surface area contributed by atoms with Gasteiger partial charge in [0, 0.05) is 0 Å².